The molecule has 2 aromatic rings. The summed E-state index contributed by atoms with van der Waals surface area (Å²) in [6, 6.07) is 6.13. The topological polar surface area (TPSA) is 69.7 Å². The van der Waals surface area contributed by atoms with Gasteiger partial charge in [-0.05, 0) is 40.2 Å². The number of carbonyl (C=O) groups excluding carboxylic acids is 1. The molecule has 9 heteroatoms. The smallest absolute Gasteiger partial charge is 0.340 e. The van der Waals surface area contributed by atoms with E-state index in [0.717, 1.165) is 25.5 Å². The van der Waals surface area contributed by atoms with Crippen LogP contribution in [0.2, 0.25) is 5.02 Å². The number of sulfone groups is 1. The van der Waals surface area contributed by atoms with E-state index in [-0.39, 0.29) is 31.5 Å². The van der Waals surface area contributed by atoms with Gasteiger partial charge in [-0.3, -0.25) is 0 Å². The average molecular weight is 438 g/mol. The van der Waals surface area contributed by atoms with Crippen molar-refractivity contribution in [2.75, 3.05) is 13.4 Å². The van der Waals surface area contributed by atoms with E-state index in [9.17, 15) is 17.6 Å². The molecule has 0 fully saturated rings. The van der Waals surface area contributed by atoms with E-state index in [4.69, 9.17) is 16.3 Å². The summed E-state index contributed by atoms with van der Waals surface area (Å²) in [6.07, 6.45) is 0.966. The molecule has 0 aliphatic heterocycles. The van der Waals surface area contributed by atoms with Gasteiger partial charge in [0.05, 0.1) is 22.0 Å². The highest BCUT2D eigenvalue weighted by Crippen LogP contribution is 2.37. The van der Waals surface area contributed by atoms with Gasteiger partial charge in [0.25, 0.3) is 0 Å². The van der Waals surface area contributed by atoms with Gasteiger partial charge in [-0.25, -0.2) is 17.6 Å². The highest BCUT2D eigenvalue weighted by Gasteiger charge is 2.25. The van der Waals surface area contributed by atoms with Crippen LogP contribution in [0.3, 0.4) is 0 Å². The molecule has 5 nitrogen and oxygen atoms in total. The van der Waals surface area contributed by atoms with Gasteiger partial charge in [-0.2, -0.15) is 0 Å². The van der Waals surface area contributed by atoms with Crippen LogP contribution in [0, 0.1) is 5.82 Å². The molecule has 0 heterocycles. The van der Waals surface area contributed by atoms with Gasteiger partial charge in [0.2, 0.25) is 0 Å². The van der Waals surface area contributed by atoms with Crippen molar-refractivity contribution in [2.45, 2.75) is 4.90 Å². The molecule has 0 radical (unpaired) electrons. The van der Waals surface area contributed by atoms with Gasteiger partial charge in [0, 0.05) is 17.3 Å². The average Bonchev–Trinajstić information content (AvgIpc) is 2.46. The molecular formula is C15H11BrClFO5S. The Bertz CT molecular complexity index is 894. The second-order valence-electron chi connectivity index (χ2n) is 4.72. The van der Waals surface area contributed by atoms with Crippen LogP contribution in [0.1, 0.15) is 10.4 Å². The first kappa shape index (κ1) is 18.7. The lowest BCUT2D eigenvalue weighted by atomic mass is 10.2. The van der Waals surface area contributed by atoms with E-state index >= 15 is 0 Å². The highest BCUT2D eigenvalue weighted by atomic mass is 79.9. The maximum Gasteiger partial charge on any atom is 0.340 e. The molecule has 0 aliphatic carbocycles. The molecular weight excluding hydrogens is 427 g/mol. The SMILES string of the molecule is COC(=O)c1c(S(C)(=O)=O)ccc(Oc2cc(F)cc(Cl)c2)c1Br. The Hall–Kier alpha value is -1.64. The Morgan fingerprint density at radius 1 is 1.25 bits per heavy atom. The quantitative estimate of drug-likeness (QED) is 0.670. The predicted molar refractivity (Wildman–Crippen MR) is 90.1 cm³/mol. The number of hydrogen-bond donors (Lipinski definition) is 0. The molecule has 0 spiro atoms. The number of esters is 1. The van der Waals surface area contributed by atoms with Crippen LogP contribution in [0.4, 0.5) is 4.39 Å². The Labute approximate surface area is 151 Å². The maximum atomic E-state index is 13.4. The first-order valence-electron chi connectivity index (χ1n) is 6.38. The van der Waals surface area contributed by atoms with Crippen LogP contribution in [-0.4, -0.2) is 27.8 Å². The number of halogens is 3. The first-order chi connectivity index (χ1) is 11.1. The lowest BCUT2D eigenvalue weighted by Crippen LogP contribution is -2.11. The minimum Gasteiger partial charge on any atom is -0.465 e. The Morgan fingerprint density at radius 2 is 1.92 bits per heavy atom. The molecule has 0 amide bonds. The molecule has 0 aliphatic rings. The summed E-state index contributed by atoms with van der Waals surface area (Å²) in [5.74, 6) is -1.27. The van der Waals surface area contributed by atoms with Crippen molar-refractivity contribution in [3.05, 3.63) is 51.2 Å². The number of benzene rings is 2. The standard InChI is InChI=1S/C15H11BrClFO5S/c1-22-15(19)13-12(24(2,20)21)4-3-11(14(13)16)23-10-6-8(17)5-9(18)7-10/h3-7H,1-2H3. The Balaban J connectivity index is 2.59. The molecule has 2 rings (SSSR count). The van der Waals surface area contributed by atoms with Gasteiger partial charge in [0.1, 0.15) is 17.3 Å². The zero-order valence-corrected chi connectivity index (χ0v) is 15.6. The summed E-state index contributed by atoms with van der Waals surface area (Å²) >= 11 is 8.90. The molecule has 0 saturated carbocycles. The summed E-state index contributed by atoms with van der Waals surface area (Å²) in [4.78, 5) is 11.7. The van der Waals surface area contributed by atoms with Crippen molar-refractivity contribution in [1.29, 1.82) is 0 Å². The molecule has 0 unspecified atom stereocenters. The molecule has 0 aromatic heterocycles. The van der Waals surface area contributed by atoms with Crippen molar-refractivity contribution in [3.8, 4) is 11.5 Å². The zero-order chi connectivity index (χ0) is 18.1. The number of hydrogen-bond acceptors (Lipinski definition) is 5. The Morgan fingerprint density at radius 3 is 2.46 bits per heavy atom. The van der Waals surface area contributed by atoms with Crippen LogP contribution >= 0.6 is 27.5 Å². The third-order valence-corrected chi connectivity index (χ3v) is 5.07. The number of carbonyl (C=O) groups is 1. The number of ether oxygens (including phenoxy) is 2. The van der Waals surface area contributed by atoms with Gasteiger partial charge < -0.3 is 9.47 Å². The van der Waals surface area contributed by atoms with Crippen LogP contribution < -0.4 is 4.74 Å². The van der Waals surface area contributed by atoms with E-state index in [2.05, 4.69) is 20.7 Å². The molecule has 2 aromatic carbocycles. The maximum absolute atomic E-state index is 13.4. The van der Waals surface area contributed by atoms with E-state index in [1.807, 2.05) is 0 Å². The normalized spacial score (nSPS) is 11.2. The second-order valence-corrected chi connectivity index (χ2v) is 7.94. The van der Waals surface area contributed by atoms with Crippen molar-refractivity contribution in [1.82, 2.24) is 0 Å². The molecule has 24 heavy (non-hydrogen) atoms. The molecule has 0 saturated heterocycles. The second kappa shape index (κ2) is 7.08. The Kier molecular flexibility index (Phi) is 5.52. The van der Waals surface area contributed by atoms with E-state index < -0.39 is 21.6 Å². The lowest BCUT2D eigenvalue weighted by Gasteiger charge is -2.13. The fraction of sp³-hybridized carbons (Fsp3) is 0.133. The van der Waals surface area contributed by atoms with Crippen molar-refractivity contribution < 1.29 is 27.1 Å². The fourth-order valence-corrected chi connectivity index (χ4v) is 3.74. The van der Waals surface area contributed by atoms with Gasteiger partial charge in [-0.1, -0.05) is 11.6 Å². The van der Waals surface area contributed by atoms with Crippen LogP contribution in [0.25, 0.3) is 0 Å². The summed E-state index contributed by atoms with van der Waals surface area (Å²) in [7, 11) is -2.56. The first-order valence-corrected chi connectivity index (χ1v) is 9.44. The largest absolute Gasteiger partial charge is 0.465 e. The zero-order valence-electron chi connectivity index (χ0n) is 12.5. The van der Waals surface area contributed by atoms with Crippen molar-refractivity contribution >= 4 is 43.3 Å². The van der Waals surface area contributed by atoms with E-state index in [1.54, 1.807) is 0 Å². The van der Waals surface area contributed by atoms with Crippen molar-refractivity contribution in [2.24, 2.45) is 0 Å². The highest BCUT2D eigenvalue weighted by molar-refractivity contribution is 9.10. The van der Waals surface area contributed by atoms with Gasteiger partial charge in [-0.15, -0.1) is 0 Å². The lowest BCUT2D eigenvalue weighted by molar-refractivity contribution is 0.0594. The fourth-order valence-electron chi connectivity index (χ4n) is 1.93. The van der Waals surface area contributed by atoms with Crippen molar-refractivity contribution in [3.63, 3.8) is 0 Å². The monoisotopic (exact) mass is 436 g/mol. The third kappa shape index (κ3) is 4.06. The van der Waals surface area contributed by atoms with Crippen LogP contribution in [-0.2, 0) is 14.6 Å². The minimum absolute atomic E-state index is 0.0673. The molecule has 0 atom stereocenters. The molecule has 0 N–H and O–H groups in total. The van der Waals surface area contributed by atoms with Gasteiger partial charge in [0.15, 0.2) is 9.84 Å². The van der Waals surface area contributed by atoms with E-state index in [0.29, 0.717) is 0 Å². The number of methoxy groups -OCH3 is 1. The summed E-state index contributed by atoms with van der Waals surface area (Å²) < 4.78 is 47.3. The summed E-state index contributed by atoms with van der Waals surface area (Å²) in [5, 5.41) is 0.127. The van der Waals surface area contributed by atoms with Crippen LogP contribution in [0.15, 0.2) is 39.7 Å². The van der Waals surface area contributed by atoms with Gasteiger partial charge >= 0.3 is 5.97 Å². The van der Waals surface area contributed by atoms with Crippen LogP contribution in [0.5, 0.6) is 11.5 Å². The van der Waals surface area contributed by atoms with E-state index in [1.165, 1.54) is 18.2 Å². The minimum atomic E-state index is -3.68. The number of rotatable bonds is 4. The molecule has 0 bridgehead atoms. The molecule has 128 valence electrons. The summed E-state index contributed by atoms with van der Waals surface area (Å²) in [5.41, 5.74) is -0.208. The predicted octanol–water partition coefficient (Wildman–Crippen LogP) is 4.22. The third-order valence-electron chi connectivity index (χ3n) is 2.92. The summed E-state index contributed by atoms with van der Waals surface area (Å²) in [6.45, 7) is 0.